The molecular formula is C11H15N5. The molecule has 5 heteroatoms. The van der Waals surface area contributed by atoms with Crippen molar-refractivity contribution in [2.24, 2.45) is 0 Å². The van der Waals surface area contributed by atoms with E-state index in [1.165, 1.54) is 12.8 Å². The van der Waals surface area contributed by atoms with E-state index >= 15 is 0 Å². The SMILES string of the molecule is CN1CCCC(c2ccc(NC#N)nn2)C1. The third-order valence-electron chi connectivity index (χ3n) is 2.91. The Labute approximate surface area is 95.1 Å². The monoisotopic (exact) mass is 217 g/mol. The minimum absolute atomic E-state index is 0.474. The third kappa shape index (κ3) is 2.47. The number of likely N-dealkylation sites (N-methyl/N-ethyl adjacent to an activating group) is 1. The Balaban J connectivity index is 2.06. The van der Waals surface area contributed by atoms with Gasteiger partial charge >= 0.3 is 0 Å². The van der Waals surface area contributed by atoms with Crippen molar-refractivity contribution >= 4 is 5.82 Å². The van der Waals surface area contributed by atoms with Gasteiger partial charge in [0, 0.05) is 12.5 Å². The molecule has 2 heterocycles. The number of hydrogen-bond donors (Lipinski definition) is 1. The highest BCUT2D eigenvalue weighted by Gasteiger charge is 2.20. The average Bonchev–Trinajstić information content (AvgIpc) is 2.30. The lowest BCUT2D eigenvalue weighted by Crippen LogP contribution is -2.31. The Kier molecular flexibility index (Phi) is 3.32. The number of nitrogens with zero attached hydrogens (tertiary/aromatic N) is 4. The lowest BCUT2D eigenvalue weighted by molar-refractivity contribution is 0.248. The Morgan fingerprint density at radius 3 is 3.00 bits per heavy atom. The van der Waals surface area contributed by atoms with Crippen molar-refractivity contribution in [3.63, 3.8) is 0 Å². The van der Waals surface area contributed by atoms with Crippen LogP contribution in [0, 0.1) is 11.5 Å². The van der Waals surface area contributed by atoms with Crippen LogP contribution in [0.4, 0.5) is 5.82 Å². The fraction of sp³-hybridized carbons (Fsp3) is 0.545. The van der Waals surface area contributed by atoms with Crippen LogP contribution >= 0.6 is 0 Å². The molecule has 16 heavy (non-hydrogen) atoms. The van der Waals surface area contributed by atoms with E-state index < -0.39 is 0 Å². The number of nitrogens with one attached hydrogen (secondary N) is 1. The molecule has 1 fully saturated rings. The summed E-state index contributed by atoms with van der Waals surface area (Å²) in [5.74, 6) is 0.984. The van der Waals surface area contributed by atoms with Gasteiger partial charge < -0.3 is 4.90 Å². The van der Waals surface area contributed by atoms with Gasteiger partial charge in [-0.3, -0.25) is 5.32 Å². The molecular weight excluding hydrogens is 202 g/mol. The topological polar surface area (TPSA) is 64.8 Å². The van der Waals surface area contributed by atoms with Crippen LogP contribution in [0.2, 0.25) is 0 Å². The van der Waals surface area contributed by atoms with Crippen molar-refractivity contribution < 1.29 is 0 Å². The highest BCUT2D eigenvalue weighted by molar-refractivity contribution is 5.37. The van der Waals surface area contributed by atoms with Crippen molar-refractivity contribution in [3.8, 4) is 6.19 Å². The van der Waals surface area contributed by atoms with Crippen LogP contribution in [0.5, 0.6) is 0 Å². The first-order chi connectivity index (χ1) is 7.79. The first-order valence-electron chi connectivity index (χ1n) is 5.47. The lowest BCUT2D eigenvalue weighted by atomic mass is 9.95. The van der Waals surface area contributed by atoms with Gasteiger partial charge in [-0.25, -0.2) is 0 Å². The summed E-state index contributed by atoms with van der Waals surface area (Å²) in [4.78, 5) is 2.32. The molecule has 0 bridgehead atoms. The molecule has 0 aliphatic carbocycles. The van der Waals surface area contributed by atoms with Gasteiger partial charge in [0.2, 0.25) is 0 Å². The smallest absolute Gasteiger partial charge is 0.182 e. The lowest BCUT2D eigenvalue weighted by Gasteiger charge is -2.28. The minimum Gasteiger partial charge on any atom is -0.306 e. The van der Waals surface area contributed by atoms with E-state index in [0.29, 0.717) is 11.7 Å². The van der Waals surface area contributed by atoms with Crippen LogP contribution in [0.25, 0.3) is 0 Å². The standard InChI is InChI=1S/C11H15N5/c1-16-6-2-3-9(7-16)10-4-5-11(13-8-12)15-14-10/h4-5,9H,2-3,6-7H2,1H3,(H,13,15). The molecule has 2 rings (SSSR count). The van der Waals surface area contributed by atoms with Crippen LogP contribution in [-0.2, 0) is 0 Å². The first kappa shape index (κ1) is 10.8. The van der Waals surface area contributed by atoms with Crippen molar-refractivity contribution in [2.75, 3.05) is 25.5 Å². The maximum Gasteiger partial charge on any atom is 0.182 e. The van der Waals surface area contributed by atoms with Gasteiger partial charge in [-0.2, -0.15) is 10.4 Å². The van der Waals surface area contributed by atoms with Gasteiger partial charge in [-0.05, 0) is 38.6 Å². The third-order valence-corrected chi connectivity index (χ3v) is 2.91. The van der Waals surface area contributed by atoms with Gasteiger partial charge in [-0.1, -0.05) is 0 Å². The predicted molar refractivity (Wildman–Crippen MR) is 60.7 cm³/mol. The normalized spacial score (nSPS) is 21.4. The predicted octanol–water partition coefficient (Wildman–Crippen LogP) is 1.18. The van der Waals surface area contributed by atoms with Crippen molar-refractivity contribution in [1.82, 2.24) is 15.1 Å². The summed E-state index contributed by atoms with van der Waals surface area (Å²) in [5.41, 5.74) is 1.02. The molecule has 84 valence electrons. The molecule has 0 spiro atoms. The molecule has 1 aliphatic rings. The largest absolute Gasteiger partial charge is 0.306 e. The zero-order valence-corrected chi connectivity index (χ0v) is 9.35. The number of rotatable bonds is 2. The highest BCUT2D eigenvalue weighted by atomic mass is 15.2. The maximum absolute atomic E-state index is 8.44. The fourth-order valence-corrected chi connectivity index (χ4v) is 2.09. The number of nitriles is 1. The molecule has 1 aromatic rings. The molecule has 0 saturated carbocycles. The first-order valence-corrected chi connectivity index (χ1v) is 5.47. The number of aromatic nitrogens is 2. The number of hydrogen-bond acceptors (Lipinski definition) is 5. The van der Waals surface area contributed by atoms with E-state index in [1.807, 2.05) is 12.3 Å². The molecule has 5 nitrogen and oxygen atoms in total. The summed E-state index contributed by atoms with van der Waals surface area (Å²) < 4.78 is 0. The molecule has 0 radical (unpaired) electrons. The van der Waals surface area contributed by atoms with E-state index in [0.717, 1.165) is 18.8 Å². The van der Waals surface area contributed by atoms with Crippen LogP contribution in [-0.4, -0.2) is 35.2 Å². The summed E-state index contributed by atoms with van der Waals surface area (Å²) in [6, 6.07) is 3.76. The van der Waals surface area contributed by atoms with Gasteiger partial charge in [-0.15, -0.1) is 5.10 Å². The van der Waals surface area contributed by atoms with E-state index in [9.17, 15) is 0 Å². The van der Waals surface area contributed by atoms with Crippen LogP contribution in [0.15, 0.2) is 12.1 Å². The molecule has 1 N–H and O–H groups in total. The zero-order valence-electron chi connectivity index (χ0n) is 9.35. The summed E-state index contributed by atoms with van der Waals surface area (Å²) >= 11 is 0. The Hall–Kier alpha value is -1.67. The highest BCUT2D eigenvalue weighted by Crippen LogP contribution is 2.24. The molecule has 0 aromatic carbocycles. The van der Waals surface area contributed by atoms with Crippen LogP contribution in [0.1, 0.15) is 24.5 Å². The fourth-order valence-electron chi connectivity index (χ4n) is 2.09. The van der Waals surface area contributed by atoms with Gasteiger partial charge in [0.1, 0.15) is 0 Å². The number of likely N-dealkylation sites (tertiary alicyclic amines) is 1. The molecule has 0 amide bonds. The van der Waals surface area contributed by atoms with Crippen molar-refractivity contribution in [2.45, 2.75) is 18.8 Å². The van der Waals surface area contributed by atoms with Crippen molar-refractivity contribution in [1.29, 1.82) is 5.26 Å². The Morgan fingerprint density at radius 1 is 1.50 bits per heavy atom. The van der Waals surface area contributed by atoms with E-state index in [1.54, 1.807) is 6.07 Å². The van der Waals surface area contributed by atoms with E-state index in [-0.39, 0.29) is 0 Å². The van der Waals surface area contributed by atoms with Crippen molar-refractivity contribution in [3.05, 3.63) is 17.8 Å². The molecule has 1 aromatic heterocycles. The van der Waals surface area contributed by atoms with Crippen LogP contribution < -0.4 is 5.32 Å². The maximum atomic E-state index is 8.44. The van der Waals surface area contributed by atoms with Crippen LogP contribution in [0.3, 0.4) is 0 Å². The number of anilines is 1. The molecule has 1 unspecified atom stereocenters. The summed E-state index contributed by atoms with van der Waals surface area (Å²) in [5, 5.41) is 19.0. The average molecular weight is 217 g/mol. The summed E-state index contributed by atoms with van der Waals surface area (Å²) in [7, 11) is 2.13. The molecule has 1 atom stereocenters. The van der Waals surface area contributed by atoms with Gasteiger partial charge in [0.05, 0.1) is 5.69 Å². The Bertz CT molecular complexity index is 380. The number of piperidine rings is 1. The molecule has 1 saturated heterocycles. The summed E-state index contributed by atoms with van der Waals surface area (Å²) in [6.07, 6.45) is 4.21. The van der Waals surface area contributed by atoms with E-state index in [2.05, 4.69) is 27.5 Å². The summed E-state index contributed by atoms with van der Waals surface area (Å²) in [6.45, 7) is 2.21. The van der Waals surface area contributed by atoms with Gasteiger partial charge in [0.25, 0.3) is 0 Å². The second kappa shape index (κ2) is 4.90. The zero-order chi connectivity index (χ0) is 11.4. The van der Waals surface area contributed by atoms with E-state index in [4.69, 9.17) is 5.26 Å². The second-order valence-electron chi connectivity index (χ2n) is 4.18. The van der Waals surface area contributed by atoms with Gasteiger partial charge in [0.15, 0.2) is 12.0 Å². The minimum atomic E-state index is 0.474. The Morgan fingerprint density at radius 2 is 2.38 bits per heavy atom. The quantitative estimate of drug-likeness (QED) is 0.595. The second-order valence-corrected chi connectivity index (χ2v) is 4.18. The molecule has 1 aliphatic heterocycles.